The molecule has 4 nitrogen and oxygen atoms in total. The third-order valence-electron chi connectivity index (χ3n) is 3.82. The zero-order valence-electron chi connectivity index (χ0n) is 13.1. The van der Waals surface area contributed by atoms with Crippen molar-refractivity contribution in [3.63, 3.8) is 0 Å². The average molecular weight is 406 g/mol. The zero-order valence-corrected chi connectivity index (χ0v) is 15.4. The second-order valence-electron chi connectivity index (χ2n) is 5.61. The van der Waals surface area contributed by atoms with Gasteiger partial charge in [0.15, 0.2) is 0 Å². The van der Waals surface area contributed by atoms with Gasteiger partial charge in [0, 0.05) is 16.0 Å². The van der Waals surface area contributed by atoms with Gasteiger partial charge in [0.25, 0.3) is 5.56 Å². The minimum absolute atomic E-state index is 0.240. The van der Waals surface area contributed by atoms with Crippen LogP contribution in [0.3, 0.4) is 0 Å². The Hall–Kier alpha value is -2.28. The van der Waals surface area contributed by atoms with E-state index in [1.807, 2.05) is 5.38 Å². The van der Waals surface area contributed by atoms with Crippen molar-refractivity contribution < 1.29 is 4.39 Å². The highest BCUT2D eigenvalue weighted by molar-refractivity contribution is 7.13. The number of hydrogen-bond donors (Lipinski definition) is 0. The van der Waals surface area contributed by atoms with Gasteiger partial charge in [-0.3, -0.25) is 9.36 Å². The van der Waals surface area contributed by atoms with Crippen molar-refractivity contribution >= 4 is 45.4 Å². The quantitative estimate of drug-likeness (QED) is 0.480. The molecule has 2 heterocycles. The number of thiazole rings is 1. The molecule has 0 aliphatic rings. The van der Waals surface area contributed by atoms with E-state index in [-0.39, 0.29) is 17.9 Å². The largest absolute Gasteiger partial charge is 0.293 e. The van der Waals surface area contributed by atoms with Gasteiger partial charge in [0.2, 0.25) is 0 Å². The molecule has 0 unspecified atom stereocenters. The second-order valence-corrected chi connectivity index (χ2v) is 7.31. The molecule has 26 heavy (non-hydrogen) atoms. The normalized spacial score (nSPS) is 11.2. The van der Waals surface area contributed by atoms with Crippen LogP contribution < -0.4 is 5.56 Å². The van der Waals surface area contributed by atoms with E-state index in [9.17, 15) is 9.18 Å². The third-order valence-corrected chi connectivity index (χ3v) is 5.27. The van der Waals surface area contributed by atoms with Crippen LogP contribution >= 0.6 is 34.5 Å². The van der Waals surface area contributed by atoms with Crippen molar-refractivity contribution in [3.8, 4) is 10.6 Å². The van der Waals surface area contributed by atoms with Gasteiger partial charge in [-0.05, 0) is 36.4 Å². The summed E-state index contributed by atoms with van der Waals surface area (Å²) < 4.78 is 14.5. The Bertz CT molecular complexity index is 1170. The summed E-state index contributed by atoms with van der Waals surface area (Å²) in [6.07, 6.45) is 1.45. The van der Waals surface area contributed by atoms with Crippen LogP contribution in [0.2, 0.25) is 10.0 Å². The summed E-state index contributed by atoms with van der Waals surface area (Å²) >= 11 is 13.5. The molecule has 0 spiro atoms. The average Bonchev–Trinajstić information content (AvgIpc) is 3.07. The molecule has 0 saturated carbocycles. The number of benzene rings is 2. The van der Waals surface area contributed by atoms with E-state index in [4.69, 9.17) is 23.2 Å². The highest BCUT2D eigenvalue weighted by Crippen LogP contribution is 2.25. The van der Waals surface area contributed by atoms with E-state index >= 15 is 0 Å². The van der Waals surface area contributed by atoms with Crippen molar-refractivity contribution in [3.05, 3.63) is 80.0 Å². The molecule has 0 amide bonds. The second kappa shape index (κ2) is 6.79. The lowest BCUT2D eigenvalue weighted by Gasteiger charge is -2.06. The van der Waals surface area contributed by atoms with Gasteiger partial charge < -0.3 is 0 Å². The molecule has 0 saturated heterocycles. The fourth-order valence-electron chi connectivity index (χ4n) is 2.59. The van der Waals surface area contributed by atoms with Gasteiger partial charge in [-0.15, -0.1) is 11.3 Å². The van der Waals surface area contributed by atoms with Crippen LogP contribution in [-0.2, 0) is 6.54 Å². The Morgan fingerprint density at radius 1 is 1.15 bits per heavy atom. The predicted molar refractivity (Wildman–Crippen MR) is 103 cm³/mol. The summed E-state index contributed by atoms with van der Waals surface area (Å²) in [5.41, 5.74) is 1.72. The van der Waals surface area contributed by atoms with Crippen LogP contribution in [0, 0.1) is 5.82 Å². The molecular weight excluding hydrogens is 396 g/mol. The minimum atomic E-state index is -0.295. The van der Waals surface area contributed by atoms with E-state index in [2.05, 4.69) is 9.97 Å². The number of halogens is 3. The smallest absolute Gasteiger partial charge is 0.261 e. The van der Waals surface area contributed by atoms with Crippen molar-refractivity contribution in [2.45, 2.75) is 6.54 Å². The lowest BCUT2D eigenvalue weighted by Crippen LogP contribution is -2.21. The molecule has 0 fully saturated rings. The number of hydrogen-bond acceptors (Lipinski definition) is 4. The summed E-state index contributed by atoms with van der Waals surface area (Å²) in [6.45, 7) is 0.267. The van der Waals surface area contributed by atoms with Crippen LogP contribution in [0.15, 0.2) is 52.9 Å². The maximum Gasteiger partial charge on any atom is 0.261 e. The van der Waals surface area contributed by atoms with E-state index < -0.39 is 0 Å². The first-order chi connectivity index (χ1) is 12.5. The Balaban J connectivity index is 1.69. The molecule has 0 aliphatic heterocycles. The molecule has 0 bridgehead atoms. The van der Waals surface area contributed by atoms with Gasteiger partial charge in [-0.25, -0.2) is 14.4 Å². The molecule has 8 heteroatoms. The van der Waals surface area contributed by atoms with Crippen LogP contribution in [0.1, 0.15) is 5.69 Å². The van der Waals surface area contributed by atoms with E-state index in [0.717, 1.165) is 10.6 Å². The first kappa shape index (κ1) is 17.1. The molecule has 0 N–H and O–H groups in total. The number of nitrogens with zero attached hydrogens (tertiary/aromatic N) is 3. The maximum atomic E-state index is 13.0. The Kier molecular flexibility index (Phi) is 4.48. The molecular formula is C18H10Cl2FN3OS. The lowest BCUT2D eigenvalue weighted by molar-refractivity contribution is 0.628. The van der Waals surface area contributed by atoms with Crippen molar-refractivity contribution in [1.29, 1.82) is 0 Å². The summed E-state index contributed by atoms with van der Waals surface area (Å²) in [5, 5.41) is 3.70. The standard InChI is InChI=1S/C18H10Cl2FN3OS/c19-11-5-14-16(15(20)6-11)22-9-24(18(14)25)7-13-8-26-17(23-13)10-1-3-12(21)4-2-10/h1-6,8-9H,7H2. The molecule has 4 aromatic rings. The van der Waals surface area contributed by atoms with Crippen molar-refractivity contribution in [2.75, 3.05) is 0 Å². The molecule has 2 aromatic heterocycles. The fraction of sp³-hybridized carbons (Fsp3) is 0.0556. The summed E-state index contributed by atoms with van der Waals surface area (Å²) in [5.74, 6) is -0.295. The first-order valence-corrected chi connectivity index (χ1v) is 9.19. The highest BCUT2D eigenvalue weighted by atomic mass is 35.5. The van der Waals surface area contributed by atoms with Crippen LogP contribution in [0.4, 0.5) is 4.39 Å². The van der Waals surface area contributed by atoms with E-state index in [1.54, 1.807) is 24.3 Å². The molecule has 2 aromatic carbocycles. The summed E-state index contributed by atoms with van der Waals surface area (Å²) in [6, 6.07) is 9.23. The van der Waals surface area contributed by atoms with Gasteiger partial charge in [0.1, 0.15) is 10.8 Å². The fourth-order valence-corrected chi connectivity index (χ4v) is 3.95. The number of fused-ring (bicyclic) bond motifs is 1. The SMILES string of the molecule is O=c1c2cc(Cl)cc(Cl)c2ncn1Cc1csc(-c2ccc(F)cc2)n1. The van der Waals surface area contributed by atoms with Crippen molar-refractivity contribution in [2.24, 2.45) is 0 Å². The minimum Gasteiger partial charge on any atom is -0.293 e. The Morgan fingerprint density at radius 3 is 2.69 bits per heavy atom. The Morgan fingerprint density at radius 2 is 1.92 bits per heavy atom. The predicted octanol–water partition coefficient (Wildman–Crippen LogP) is 5.01. The first-order valence-electron chi connectivity index (χ1n) is 7.56. The van der Waals surface area contributed by atoms with Gasteiger partial charge in [-0.1, -0.05) is 23.2 Å². The zero-order chi connectivity index (χ0) is 18.3. The van der Waals surface area contributed by atoms with Crippen LogP contribution in [0.5, 0.6) is 0 Å². The molecule has 0 atom stereocenters. The van der Waals surface area contributed by atoms with Crippen molar-refractivity contribution in [1.82, 2.24) is 14.5 Å². The monoisotopic (exact) mass is 405 g/mol. The number of rotatable bonds is 3. The van der Waals surface area contributed by atoms with E-state index in [0.29, 0.717) is 26.6 Å². The van der Waals surface area contributed by atoms with Gasteiger partial charge in [0.05, 0.1) is 34.5 Å². The summed E-state index contributed by atoms with van der Waals surface area (Å²) in [7, 11) is 0. The topological polar surface area (TPSA) is 47.8 Å². The van der Waals surface area contributed by atoms with E-state index in [1.165, 1.54) is 34.4 Å². The van der Waals surface area contributed by atoms with Gasteiger partial charge >= 0.3 is 0 Å². The summed E-state index contributed by atoms with van der Waals surface area (Å²) in [4.78, 5) is 21.5. The van der Waals surface area contributed by atoms with Crippen LogP contribution in [0.25, 0.3) is 21.5 Å². The van der Waals surface area contributed by atoms with Crippen LogP contribution in [-0.4, -0.2) is 14.5 Å². The van der Waals surface area contributed by atoms with Gasteiger partial charge in [-0.2, -0.15) is 0 Å². The molecule has 130 valence electrons. The molecule has 4 rings (SSSR count). The highest BCUT2D eigenvalue weighted by Gasteiger charge is 2.11. The maximum absolute atomic E-state index is 13.0. The third kappa shape index (κ3) is 3.23. The molecule has 0 radical (unpaired) electrons. The molecule has 0 aliphatic carbocycles. The Labute approximate surface area is 161 Å². The number of aromatic nitrogens is 3. The lowest BCUT2D eigenvalue weighted by atomic mass is 10.2.